The minimum Gasteiger partial charge on any atom is -0.463 e. The third-order valence-corrected chi connectivity index (χ3v) is 11.8. The molecule has 5 aliphatic carbocycles. The van der Waals surface area contributed by atoms with E-state index in [0.717, 1.165) is 6.42 Å². The number of fused-ring (bicyclic) bond motifs is 3. The summed E-state index contributed by atoms with van der Waals surface area (Å²) in [6.07, 6.45) is -11.5. The van der Waals surface area contributed by atoms with Gasteiger partial charge in [0.15, 0.2) is 5.41 Å². The van der Waals surface area contributed by atoms with E-state index in [1.165, 1.54) is 14.0 Å². The van der Waals surface area contributed by atoms with Crippen LogP contribution in [0.15, 0.2) is 0 Å². The van der Waals surface area contributed by atoms with E-state index in [0.29, 0.717) is 32.1 Å². The summed E-state index contributed by atoms with van der Waals surface area (Å²) in [5.41, 5.74) is -3.83. The SMILES string of the molecule is COC1CCC(C(C2CCC(OC(=O)OC3CCC4C(C3)C(=O)C3CC(OC(C)=O)CCC34)CC2)(C(F)(F)F)C(F)(F)F)CC1. The highest BCUT2D eigenvalue weighted by atomic mass is 19.4. The normalized spacial score (nSPS) is 37.7. The number of ketones is 1. The molecule has 7 nitrogen and oxygen atoms in total. The van der Waals surface area contributed by atoms with Crippen LogP contribution in [-0.2, 0) is 28.5 Å². The Kier molecular flexibility index (Phi) is 10.1. The van der Waals surface area contributed by atoms with Crippen molar-refractivity contribution >= 4 is 17.9 Å². The van der Waals surface area contributed by atoms with E-state index >= 15 is 0 Å². The molecule has 6 unspecified atom stereocenters. The van der Waals surface area contributed by atoms with Gasteiger partial charge in [-0.3, -0.25) is 9.59 Å². The average Bonchev–Trinajstić information content (AvgIpc) is 3.23. The molecule has 5 aliphatic rings. The number of alkyl halides is 6. The Morgan fingerprint density at radius 3 is 1.42 bits per heavy atom. The molecule has 0 radical (unpaired) electrons. The molecule has 0 aromatic carbocycles. The van der Waals surface area contributed by atoms with Crippen LogP contribution in [-0.4, -0.2) is 61.8 Å². The quantitative estimate of drug-likeness (QED) is 0.214. The average molecular weight is 655 g/mol. The van der Waals surface area contributed by atoms with Crippen LogP contribution in [0.5, 0.6) is 0 Å². The molecule has 0 aliphatic heterocycles. The van der Waals surface area contributed by atoms with Gasteiger partial charge in [0.25, 0.3) is 0 Å². The molecule has 0 saturated heterocycles. The van der Waals surface area contributed by atoms with Crippen molar-refractivity contribution in [2.75, 3.05) is 7.11 Å². The zero-order chi connectivity index (χ0) is 32.7. The minimum absolute atomic E-state index is 0.107. The molecule has 6 atom stereocenters. The van der Waals surface area contributed by atoms with Crippen LogP contribution in [0, 0.1) is 40.9 Å². The second-order valence-electron chi connectivity index (χ2n) is 14.0. The molecule has 0 aromatic rings. The van der Waals surface area contributed by atoms with Crippen molar-refractivity contribution in [1.82, 2.24) is 0 Å². The van der Waals surface area contributed by atoms with E-state index in [1.54, 1.807) is 0 Å². The number of Topliss-reactive ketones (excluding diaryl/α,β-unsaturated/α-hetero) is 1. The van der Waals surface area contributed by atoms with Gasteiger partial charge in [0, 0.05) is 25.9 Å². The van der Waals surface area contributed by atoms with Gasteiger partial charge in [-0.1, -0.05) is 0 Å². The zero-order valence-corrected chi connectivity index (χ0v) is 25.8. The van der Waals surface area contributed by atoms with Crippen molar-refractivity contribution in [2.24, 2.45) is 40.9 Å². The second-order valence-corrected chi connectivity index (χ2v) is 14.0. The van der Waals surface area contributed by atoms with Gasteiger partial charge < -0.3 is 18.9 Å². The number of ether oxygens (including phenoxy) is 4. The summed E-state index contributed by atoms with van der Waals surface area (Å²) in [6.45, 7) is 1.35. The number of hydrogen-bond donors (Lipinski definition) is 0. The Hall–Kier alpha value is -2.05. The van der Waals surface area contributed by atoms with Crippen LogP contribution in [0.4, 0.5) is 31.1 Å². The largest absolute Gasteiger partial charge is 0.508 e. The molecule has 0 heterocycles. The highest BCUT2D eigenvalue weighted by Crippen LogP contribution is 2.65. The fourth-order valence-electron chi connectivity index (χ4n) is 9.82. The first-order valence-electron chi connectivity index (χ1n) is 16.4. The fourth-order valence-corrected chi connectivity index (χ4v) is 9.82. The van der Waals surface area contributed by atoms with Gasteiger partial charge in [-0.05, 0) is 114 Å². The van der Waals surface area contributed by atoms with E-state index in [2.05, 4.69) is 0 Å². The van der Waals surface area contributed by atoms with Crippen molar-refractivity contribution in [3.05, 3.63) is 0 Å². The lowest BCUT2D eigenvalue weighted by molar-refractivity contribution is -0.383. The first-order chi connectivity index (χ1) is 21.2. The maximum absolute atomic E-state index is 14.6. The molecule has 256 valence electrons. The lowest BCUT2D eigenvalue weighted by Gasteiger charge is -2.51. The Labute approximate surface area is 259 Å². The number of esters is 1. The molecular weight excluding hydrogens is 610 g/mol. The van der Waals surface area contributed by atoms with Crippen LogP contribution >= 0.6 is 0 Å². The first-order valence-corrected chi connectivity index (χ1v) is 16.4. The van der Waals surface area contributed by atoms with Gasteiger partial charge in [-0.15, -0.1) is 0 Å². The van der Waals surface area contributed by atoms with Crippen molar-refractivity contribution in [1.29, 1.82) is 0 Å². The predicted molar refractivity (Wildman–Crippen MR) is 147 cm³/mol. The highest BCUT2D eigenvalue weighted by Gasteiger charge is 2.76. The summed E-state index contributed by atoms with van der Waals surface area (Å²) in [4.78, 5) is 37.4. The second kappa shape index (κ2) is 13.2. The van der Waals surface area contributed by atoms with Crippen LogP contribution in [0.1, 0.15) is 96.8 Å². The minimum atomic E-state index is -5.48. The smallest absolute Gasteiger partial charge is 0.463 e. The maximum atomic E-state index is 14.6. The first kappa shape index (κ1) is 34.3. The third kappa shape index (κ3) is 6.70. The van der Waals surface area contributed by atoms with E-state index in [9.17, 15) is 40.7 Å². The highest BCUT2D eigenvalue weighted by molar-refractivity contribution is 5.87. The molecule has 0 N–H and O–H groups in total. The molecule has 0 amide bonds. The van der Waals surface area contributed by atoms with Gasteiger partial charge in [0.05, 0.1) is 6.10 Å². The number of carbonyl (C=O) groups is 3. The molecule has 5 fully saturated rings. The summed E-state index contributed by atoms with van der Waals surface area (Å²) in [6, 6.07) is 0. The number of hydrogen-bond acceptors (Lipinski definition) is 7. The molecule has 0 bridgehead atoms. The summed E-state index contributed by atoms with van der Waals surface area (Å²) >= 11 is 0. The molecule has 0 aromatic heterocycles. The van der Waals surface area contributed by atoms with Crippen molar-refractivity contribution in [3.63, 3.8) is 0 Å². The summed E-state index contributed by atoms with van der Waals surface area (Å²) < 4.78 is 109. The maximum Gasteiger partial charge on any atom is 0.508 e. The molecule has 45 heavy (non-hydrogen) atoms. The number of methoxy groups -OCH3 is 1. The van der Waals surface area contributed by atoms with Crippen LogP contribution in [0.3, 0.4) is 0 Å². The van der Waals surface area contributed by atoms with Gasteiger partial charge >= 0.3 is 24.5 Å². The van der Waals surface area contributed by atoms with Crippen LogP contribution in [0.25, 0.3) is 0 Å². The van der Waals surface area contributed by atoms with Crippen LogP contribution < -0.4 is 0 Å². The van der Waals surface area contributed by atoms with Gasteiger partial charge in [-0.25, -0.2) is 4.79 Å². The van der Waals surface area contributed by atoms with E-state index in [-0.39, 0.29) is 99.0 Å². The molecule has 5 saturated carbocycles. The van der Waals surface area contributed by atoms with Crippen molar-refractivity contribution in [2.45, 2.75) is 134 Å². The molecule has 0 spiro atoms. The van der Waals surface area contributed by atoms with E-state index in [4.69, 9.17) is 18.9 Å². The van der Waals surface area contributed by atoms with E-state index in [1.807, 2.05) is 0 Å². The summed E-state index contributed by atoms with van der Waals surface area (Å²) in [5, 5.41) is 0. The lowest BCUT2D eigenvalue weighted by Crippen LogP contribution is -2.61. The summed E-state index contributed by atoms with van der Waals surface area (Å²) in [7, 11) is 1.41. The standard InChI is InChI=1S/C32H44F6O7/c1-17(39)43-22-11-13-24-25-14-12-23(16-27(25)28(40)26(24)15-22)45-29(41)44-21-9-5-19(6-10-21)30(31(33,34)35,32(36,37)38)18-3-7-20(42-2)8-4-18/h18-27H,3-16H2,1-2H3. The molecular formula is C32H44F6O7. The Morgan fingerprint density at radius 1 is 0.600 bits per heavy atom. The van der Waals surface area contributed by atoms with Gasteiger partial charge in [0.2, 0.25) is 0 Å². The summed E-state index contributed by atoms with van der Waals surface area (Å²) in [5.74, 6) is -3.59. The van der Waals surface area contributed by atoms with Crippen molar-refractivity contribution < 1.29 is 59.7 Å². The molecule has 13 heteroatoms. The number of halogens is 6. The molecule has 5 rings (SSSR count). The predicted octanol–water partition coefficient (Wildman–Crippen LogP) is 7.73. The monoisotopic (exact) mass is 654 g/mol. The Morgan fingerprint density at radius 2 is 1.00 bits per heavy atom. The van der Waals surface area contributed by atoms with E-state index < -0.39 is 48.0 Å². The number of rotatable bonds is 6. The Bertz CT molecular complexity index is 1060. The van der Waals surface area contributed by atoms with Crippen molar-refractivity contribution in [3.8, 4) is 0 Å². The Balaban J connectivity index is 1.15. The zero-order valence-electron chi connectivity index (χ0n) is 25.8. The third-order valence-electron chi connectivity index (χ3n) is 11.8. The number of carbonyl (C=O) groups excluding carboxylic acids is 3. The fraction of sp³-hybridized carbons (Fsp3) is 0.906. The van der Waals surface area contributed by atoms with Gasteiger partial charge in [-0.2, -0.15) is 26.3 Å². The van der Waals surface area contributed by atoms with Crippen LogP contribution in [0.2, 0.25) is 0 Å². The van der Waals surface area contributed by atoms with Gasteiger partial charge in [0.1, 0.15) is 24.1 Å². The topological polar surface area (TPSA) is 88.1 Å². The lowest BCUT2D eigenvalue weighted by atomic mass is 9.57.